The summed E-state index contributed by atoms with van der Waals surface area (Å²) in [6.07, 6.45) is 2.39. The number of likely N-dealkylation sites (tertiary alicyclic amines) is 1. The van der Waals surface area contributed by atoms with E-state index in [1.807, 2.05) is 31.2 Å². The van der Waals surface area contributed by atoms with Gasteiger partial charge in [0.1, 0.15) is 5.75 Å². The molecule has 0 aliphatic carbocycles. The maximum Gasteiger partial charge on any atom is 0.322 e. The minimum atomic E-state index is -0.224. The van der Waals surface area contributed by atoms with E-state index in [4.69, 9.17) is 4.74 Å². The van der Waals surface area contributed by atoms with E-state index < -0.39 is 0 Å². The molecule has 0 radical (unpaired) electrons. The van der Waals surface area contributed by atoms with E-state index in [1.54, 1.807) is 36.3 Å². The molecule has 2 aromatic carbocycles. The van der Waals surface area contributed by atoms with E-state index in [0.717, 1.165) is 41.9 Å². The number of H-pyrrole nitrogens is 1. The number of aromatic amines is 1. The molecule has 0 unspecified atom stereocenters. The molecule has 7 heteroatoms. The fraction of sp³-hybridized carbons (Fsp3) is 0.360. The minimum Gasteiger partial charge on any atom is -0.497 e. The van der Waals surface area contributed by atoms with Crippen molar-refractivity contribution < 1.29 is 9.53 Å². The number of fused-ring (bicyclic) bond motifs is 1. The van der Waals surface area contributed by atoms with E-state index in [2.05, 4.69) is 15.2 Å². The van der Waals surface area contributed by atoms with E-state index in [1.165, 1.54) is 12.8 Å². The van der Waals surface area contributed by atoms with Crippen LogP contribution in [0.15, 0.2) is 53.3 Å². The number of anilines is 1. The maximum absolute atomic E-state index is 13.2. The van der Waals surface area contributed by atoms with Crippen LogP contribution in [0.3, 0.4) is 0 Å². The molecule has 3 aromatic rings. The fourth-order valence-electron chi connectivity index (χ4n) is 4.15. The Morgan fingerprint density at radius 2 is 1.91 bits per heavy atom. The van der Waals surface area contributed by atoms with Crippen LogP contribution >= 0.6 is 0 Å². The number of amides is 2. The largest absolute Gasteiger partial charge is 0.497 e. The number of hydrogen-bond acceptors (Lipinski definition) is 4. The standard InChI is InChI=1S/C25H30N4O3/c1-18-6-5-7-19-16-20(24(30)27-23(18)19)17-29(15-14-28-12-3-4-13-28)25(31)26-21-8-10-22(32-2)11-9-21/h5-11,16H,3-4,12-15,17H2,1-2H3,(H,26,31)(H,27,30). The molecule has 1 fully saturated rings. The Bertz CT molecular complexity index is 1130. The molecule has 0 saturated carbocycles. The fourth-order valence-corrected chi connectivity index (χ4v) is 4.15. The van der Waals surface area contributed by atoms with Crippen LogP contribution in [0, 0.1) is 6.92 Å². The lowest BCUT2D eigenvalue weighted by atomic mass is 10.1. The lowest BCUT2D eigenvalue weighted by Gasteiger charge is -2.26. The van der Waals surface area contributed by atoms with Gasteiger partial charge in [0, 0.05) is 24.3 Å². The van der Waals surface area contributed by atoms with Crippen molar-refractivity contribution in [1.29, 1.82) is 0 Å². The lowest BCUT2D eigenvalue weighted by molar-refractivity contribution is 0.197. The monoisotopic (exact) mass is 434 g/mol. The van der Waals surface area contributed by atoms with Gasteiger partial charge in [0.2, 0.25) is 0 Å². The second-order valence-corrected chi connectivity index (χ2v) is 8.29. The highest BCUT2D eigenvalue weighted by Crippen LogP contribution is 2.18. The molecule has 1 aliphatic heterocycles. The summed E-state index contributed by atoms with van der Waals surface area (Å²) in [5, 5.41) is 3.92. The number of para-hydroxylation sites is 1. The maximum atomic E-state index is 13.2. The van der Waals surface area contributed by atoms with Crippen molar-refractivity contribution in [3.63, 3.8) is 0 Å². The SMILES string of the molecule is COc1ccc(NC(=O)N(CCN2CCCC2)Cc2cc3cccc(C)c3[nH]c2=O)cc1. The van der Waals surface area contributed by atoms with E-state index in [9.17, 15) is 9.59 Å². The minimum absolute atomic E-state index is 0.157. The Morgan fingerprint density at radius 3 is 2.62 bits per heavy atom. The Labute approximate surface area is 188 Å². The number of aryl methyl sites for hydroxylation is 1. The highest BCUT2D eigenvalue weighted by Gasteiger charge is 2.19. The van der Waals surface area contributed by atoms with Gasteiger partial charge >= 0.3 is 6.03 Å². The van der Waals surface area contributed by atoms with Crippen molar-refractivity contribution in [3.8, 4) is 5.75 Å². The molecule has 0 bridgehead atoms. The summed E-state index contributed by atoms with van der Waals surface area (Å²) in [7, 11) is 1.61. The van der Waals surface area contributed by atoms with Gasteiger partial charge in [-0.15, -0.1) is 0 Å². The summed E-state index contributed by atoms with van der Waals surface area (Å²) in [6, 6.07) is 14.8. The third-order valence-corrected chi connectivity index (χ3v) is 6.04. The highest BCUT2D eigenvalue weighted by atomic mass is 16.5. The molecular formula is C25H30N4O3. The van der Waals surface area contributed by atoms with Gasteiger partial charge in [-0.05, 0) is 74.1 Å². The summed E-state index contributed by atoms with van der Waals surface area (Å²) in [6.45, 7) is 5.68. The molecule has 1 aliphatic rings. The van der Waals surface area contributed by atoms with Gasteiger partial charge in [0.25, 0.3) is 5.56 Å². The number of rotatable bonds is 7. The predicted octanol–water partition coefficient (Wildman–Crippen LogP) is 3.98. The van der Waals surface area contributed by atoms with Crippen molar-refractivity contribution >= 4 is 22.6 Å². The Kier molecular flexibility index (Phi) is 6.75. The molecule has 4 rings (SSSR count). The highest BCUT2D eigenvalue weighted by molar-refractivity contribution is 5.89. The first-order chi connectivity index (χ1) is 15.5. The van der Waals surface area contributed by atoms with Crippen molar-refractivity contribution in [2.24, 2.45) is 0 Å². The smallest absolute Gasteiger partial charge is 0.322 e. The van der Waals surface area contributed by atoms with Crippen molar-refractivity contribution in [2.45, 2.75) is 26.3 Å². The molecule has 168 valence electrons. The molecule has 0 spiro atoms. The Balaban J connectivity index is 1.55. The summed E-state index contributed by atoms with van der Waals surface area (Å²) in [5.41, 5.74) is 2.97. The van der Waals surface area contributed by atoms with Gasteiger partial charge in [0.05, 0.1) is 19.2 Å². The molecule has 2 amide bonds. The summed E-state index contributed by atoms with van der Waals surface area (Å²) in [5.74, 6) is 0.729. The summed E-state index contributed by atoms with van der Waals surface area (Å²) < 4.78 is 5.19. The van der Waals surface area contributed by atoms with Crippen LogP contribution in [-0.4, -0.2) is 54.1 Å². The van der Waals surface area contributed by atoms with E-state index in [0.29, 0.717) is 17.8 Å². The Morgan fingerprint density at radius 1 is 1.16 bits per heavy atom. The van der Waals surface area contributed by atoms with Crippen LogP contribution in [0.2, 0.25) is 0 Å². The quantitative estimate of drug-likeness (QED) is 0.590. The zero-order valence-electron chi connectivity index (χ0n) is 18.7. The van der Waals surface area contributed by atoms with Gasteiger partial charge < -0.3 is 24.8 Å². The van der Waals surface area contributed by atoms with Crippen LogP contribution < -0.4 is 15.6 Å². The van der Waals surface area contributed by atoms with E-state index >= 15 is 0 Å². The number of carbonyl (C=O) groups excluding carboxylic acids is 1. The topological polar surface area (TPSA) is 77.7 Å². The summed E-state index contributed by atoms with van der Waals surface area (Å²) in [4.78, 5) is 33.0. The van der Waals surface area contributed by atoms with Crippen LogP contribution in [-0.2, 0) is 6.54 Å². The van der Waals surface area contributed by atoms with Crippen molar-refractivity contribution in [2.75, 3.05) is 38.6 Å². The first-order valence-corrected chi connectivity index (χ1v) is 11.1. The predicted molar refractivity (Wildman–Crippen MR) is 127 cm³/mol. The molecule has 32 heavy (non-hydrogen) atoms. The van der Waals surface area contributed by atoms with Gasteiger partial charge in [-0.1, -0.05) is 18.2 Å². The number of pyridine rings is 1. The van der Waals surface area contributed by atoms with E-state index in [-0.39, 0.29) is 18.1 Å². The number of carbonyl (C=O) groups is 1. The first-order valence-electron chi connectivity index (χ1n) is 11.1. The third kappa shape index (κ3) is 5.11. The van der Waals surface area contributed by atoms with Crippen molar-refractivity contribution in [3.05, 3.63) is 70.0 Å². The molecule has 1 saturated heterocycles. The van der Waals surface area contributed by atoms with Gasteiger partial charge in [0.15, 0.2) is 0 Å². The van der Waals surface area contributed by atoms with Crippen LogP contribution in [0.5, 0.6) is 5.75 Å². The molecule has 2 heterocycles. The molecular weight excluding hydrogens is 404 g/mol. The average molecular weight is 435 g/mol. The second-order valence-electron chi connectivity index (χ2n) is 8.29. The normalized spacial score (nSPS) is 13.9. The number of nitrogens with one attached hydrogen (secondary N) is 2. The molecule has 0 atom stereocenters. The molecule has 2 N–H and O–H groups in total. The number of urea groups is 1. The van der Waals surface area contributed by atoms with Gasteiger partial charge in [-0.2, -0.15) is 0 Å². The zero-order chi connectivity index (χ0) is 22.5. The number of aromatic nitrogens is 1. The second kappa shape index (κ2) is 9.87. The Hall–Kier alpha value is -3.32. The first kappa shape index (κ1) is 21.9. The molecule has 7 nitrogen and oxygen atoms in total. The average Bonchev–Trinajstić information content (AvgIpc) is 3.32. The number of ether oxygens (including phenoxy) is 1. The number of hydrogen-bond donors (Lipinski definition) is 2. The lowest BCUT2D eigenvalue weighted by Crippen LogP contribution is -2.41. The van der Waals surface area contributed by atoms with Gasteiger partial charge in [-0.3, -0.25) is 4.79 Å². The number of benzene rings is 2. The van der Waals surface area contributed by atoms with Crippen LogP contribution in [0.1, 0.15) is 24.0 Å². The van der Waals surface area contributed by atoms with Crippen molar-refractivity contribution in [1.82, 2.24) is 14.8 Å². The third-order valence-electron chi connectivity index (χ3n) is 6.04. The van der Waals surface area contributed by atoms with Gasteiger partial charge in [-0.25, -0.2) is 4.79 Å². The number of methoxy groups -OCH3 is 1. The van der Waals surface area contributed by atoms with Crippen LogP contribution in [0.25, 0.3) is 10.9 Å². The van der Waals surface area contributed by atoms with Crippen LogP contribution in [0.4, 0.5) is 10.5 Å². The summed E-state index contributed by atoms with van der Waals surface area (Å²) >= 11 is 0. The zero-order valence-corrected chi connectivity index (χ0v) is 18.7. The molecule has 1 aromatic heterocycles. The number of nitrogens with zero attached hydrogens (tertiary/aromatic N) is 2.